The van der Waals surface area contributed by atoms with Crippen LogP contribution < -0.4 is 5.32 Å². The lowest BCUT2D eigenvalue weighted by molar-refractivity contribution is -0.142. The number of carbonyl (C=O) groups is 3. The van der Waals surface area contributed by atoms with Crippen molar-refractivity contribution in [2.45, 2.75) is 89.7 Å². The van der Waals surface area contributed by atoms with E-state index in [0.717, 1.165) is 12.0 Å². The van der Waals surface area contributed by atoms with Gasteiger partial charge in [0.25, 0.3) is 0 Å². The summed E-state index contributed by atoms with van der Waals surface area (Å²) in [5, 5.41) is 12.2. The summed E-state index contributed by atoms with van der Waals surface area (Å²) in [6.07, 6.45) is 1.24. The third-order valence-electron chi connectivity index (χ3n) is 7.55. The van der Waals surface area contributed by atoms with Gasteiger partial charge in [-0.3, -0.25) is 14.5 Å². The summed E-state index contributed by atoms with van der Waals surface area (Å²) >= 11 is 0. The van der Waals surface area contributed by atoms with Gasteiger partial charge in [0.15, 0.2) is 0 Å². The predicted molar refractivity (Wildman–Crippen MR) is 138 cm³/mol. The maximum Gasteiger partial charge on any atom is 0.408 e. The monoisotopic (exact) mass is 527 g/mol. The zero-order chi connectivity index (χ0) is 27.8. The Labute approximate surface area is 223 Å². The van der Waals surface area contributed by atoms with Crippen molar-refractivity contribution in [1.29, 1.82) is 5.26 Å². The van der Waals surface area contributed by atoms with Crippen molar-refractivity contribution >= 4 is 17.9 Å². The molecule has 3 amide bonds. The van der Waals surface area contributed by atoms with Crippen LogP contribution >= 0.6 is 0 Å². The molecular formula is C28H38FN5O4. The average molecular weight is 528 g/mol. The van der Waals surface area contributed by atoms with Gasteiger partial charge in [-0.15, -0.1) is 0 Å². The van der Waals surface area contributed by atoms with Gasteiger partial charge in [-0.05, 0) is 63.6 Å². The normalized spacial score (nSPS) is 25.0. The quantitative estimate of drug-likeness (QED) is 0.584. The molecule has 4 rings (SSSR count). The molecule has 0 aromatic heterocycles. The molecule has 3 fully saturated rings. The van der Waals surface area contributed by atoms with Crippen LogP contribution in [0, 0.1) is 23.1 Å². The molecule has 3 aliphatic heterocycles. The van der Waals surface area contributed by atoms with E-state index in [1.165, 1.54) is 17.0 Å². The lowest BCUT2D eigenvalue weighted by atomic mass is 9.93. The summed E-state index contributed by atoms with van der Waals surface area (Å²) < 4.78 is 19.0. The zero-order valence-corrected chi connectivity index (χ0v) is 22.8. The van der Waals surface area contributed by atoms with Crippen molar-refractivity contribution in [3.8, 4) is 6.07 Å². The topological polar surface area (TPSA) is 106 Å². The summed E-state index contributed by atoms with van der Waals surface area (Å²) in [5.41, 5.74) is 0.153. The van der Waals surface area contributed by atoms with Gasteiger partial charge in [-0.1, -0.05) is 26.0 Å². The van der Waals surface area contributed by atoms with E-state index in [1.54, 1.807) is 32.9 Å². The van der Waals surface area contributed by atoms with E-state index in [1.807, 2.05) is 23.6 Å². The van der Waals surface area contributed by atoms with Crippen LogP contribution in [0.1, 0.15) is 65.5 Å². The molecule has 1 aromatic carbocycles. The second-order valence-corrected chi connectivity index (χ2v) is 11.9. The molecule has 3 heterocycles. The van der Waals surface area contributed by atoms with Crippen LogP contribution in [0.5, 0.6) is 0 Å². The Balaban J connectivity index is 1.51. The maximum absolute atomic E-state index is 13.6. The second kappa shape index (κ2) is 10.9. The number of likely N-dealkylation sites (tertiary alicyclic amines) is 3. The van der Waals surface area contributed by atoms with Gasteiger partial charge < -0.3 is 19.9 Å². The summed E-state index contributed by atoms with van der Waals surface area (Å²) in [6, 6.07) is 6.36. The van der Waals surface area contributed by atoms with E-state index in [4.69, 9.17) is 4.74 Å². The number of alkyl carbamates (subject to hydrolysis) is 1. The number of rotatable bonds is 7. The van der Waals surface area contributed by atoms with E-state index in [2.05, 4.69) is 11.4 Å². The van der Waals surface area contributed by atoms with Gasteiger partial charge in [0.05, 0.1) is 18.2 Å². The molecule has 0 spiro atoms. The molecule has 206 valence electrons. The molecule has 9 nitrogen and oxygen atoms in total. The Morgan fingerprint density at radius 2 is 1.92 bits per heavy atom. The van der Waals surface area contributed by atoms with Crippen LogP contribution in [0.2, 0.25) is 0 Å². The Bertz CT molecular complexity index is 1100. The SMILES string of the molecule is CC(C)[C@H](c1ccc(F)cc1)N1C(=O)[C@H]2C[C@@H]1CN2C[C@H](NC(=O)OC(C)(C)C)C(=O)N1CCC[C@H]1C#N. The molecule has 0 radical (unpaired) electrons. The number of halogens is 1. The van der Waals surface area contributed by atoms with Crippen molar-refractivity contribution in [1.82, 2.24) is 20.0 Å². The van der Waals surface area contributed by atoms with Gasteiger partial charge in [0, 0.05) is 25.7 Å². The lowest BCUT2D eigenvalue weighted by Crippen LogP contribution is -2.59. The third-order valence-corrected chi connectivity index (χ3v) is 7.55. The number of amides is 3. The van der Waals surface area contributed by atoms with E-state index in [0.29, 0.717) is 25.9 Å². The lowest BCUT2D eigenvalue weighted by Gasteiger charge is -2.41. The first-order chi connectivity index (χ1) is 17.9. The van der Waals surface area contributed by atoms with Gasteiger partial charge in [-0.2, -0.15) is 5.26 Å². The first-order valence-electron chi connectivity index (χ1n) is 13.4. The number of carbonyl (C=O) groups excluding carboxylic acids is 3. The van der Waals surface area contributed by atoms with Gasteiger partial charge in [-0.25, -0.2) is 9.18 Å². The fourth-order valence-electron chi connectivity index (χ4n) is 6.02. The summed E-state index contributed by atoms with van der Waals surface area (Å²) in [4.78, 5) is 45.2. The highest BCUT2D eigenvalue weighted by Crippen LogP contribution is 2.41. The van der Waals surface area contributed by atoms with Crippen LogP contribution in [0.3, 0.4) is 0 Å². The van der Waals surface area contributed by atoms with Crippen LogP contribution in [0.4, 0.5) is 9.18 Å². The van der Waals surface area contributed by atoms with Gasteiger partial charge in [0.2, 0.25) is 11.8 Å². The maximum atomic E-state index is 13.6. The molecule has 0 aliphatic carbocycles. The molecule has 1 aromatic rings. The number of hydrogen-bond acceptors (Lipinski definition) is 6. The number of fused-ring (bicyclic) bond motifs is 2. The van der Waals surface area contributed by atoms with Crippen molar-refractivity contribution in [2.24, 2.45) is 5.92 Å². The minimum atomic E-state index is -0.947. The van der Waals surface area contributed by atoms with Crippen molar-refractivity contribution in [3.63, 3.8) is 0 Å². The molecule has 1 N–H and O–H groups in total. The number of nitrogens with zero attached hydrogens (tertiary/aromatic N) is 4. The van der Waals surface area contributed by atoms with E-state index in [9.17, 15) is 24.0 Å². The van der Waals surface area contributed by atoms with E-state index < -0.39 is 29.8 Å². The van der Waals surface area contributed by atoms with Crippen LogP contribution in [0.25, 0.3) is 0 Å². The molecular weight excluding hydrogens is 489 g/mol. The van der Waals surface area contributed by atoms with Gasteiger partial charge >= 0.3 is 6.09 Å². The third kappa shape index (κ3) is 5.78. The van der Waals surface area contributed by atoms with E-state index >= 15 is 0 Å². The molecule has 2 bridgehead atoms. The van der Waals surface area contributed by atoms with Crippen LogP contribution in [-0.4, -0.2) is 82.0 Å². The smallest absolute Gasteiger partial charge is 0.408 e. The number of nitriles is 1. The summed E-state index contributed by atoms with van der Waals surface area (Å²) in [7, 11) is 0. The Hall–Kier alpha value is -3.19. The van der Waals surface area contributed by atoms with E-state index in [-0.39, 0.29) is 42.2 Å². The van der Waals surface area contributed by atoms with Crippen molar-refractivity contribution < 1.29 is 23.5 Å². The van der Waals surface area contributed by atoms with Gasteiger partial charge in [0.1, 0.15) is 23.5 Å². The molecule has 0 saturated carbocycles. The minimum Gasteiger partial charge on any atom is -0.444 e. The highest BCUT2D eigenvalue weighted by molar-refractivity contribution is 5.88. The molecule has 3 saturated heterocycles. The zero-order valence-electron chi connectivity index (χ0n) is 22.8. The second-order valence-electron chi connectivity index (χ2n) is 11.9. The number of piperazine rings is 1. The number of hydrogen-bond donors (Lipinski definition) is 1. The molecule has 38 heavy (non-hydrogen) atoms. The highest BCUT2D eigenvalue weighted by atomic mass is 19.1. The Morgan fingerprint density at radius 1 is 1.24 bits per heavy atom. The number of benzene rings is 1. The van der Waals surface area contributed by atoms with Crippen molar-refractivity contribution in [3.05, 3.63) is 35.6 Å². The Kier molecular flexibility index (Phi) is 7.98. The first-order valence-corrected chi connectivity index (χ1v) is 13.4. The fourth-order valence-corrected chi connectivity index (χ4v) is 6.02. The summed E-state index contributed by atoms with van der Waals surface area (Å²) in [6.45, 7) is 10.5. The van der Waals surface area contributed by atoms with Crippen LogP contribution in [-0.2, 0) is 14.3 Å². The van der Waals surface area contributed by atoms with Crippen molar-refractivity contribution in [2.75, 3.05) is 19.6 Å². The Morgan fingerprint density at radius 3 is 2.50 bits per heavy atom. The highest BCUT2D eigenvalue weighted by Gasteiger charge is 2.53. The minimum absolute atomic E-state index is 0.0242. The largest absolute Gasteiger partial charge is 0.444 e. The molecule has 5 atom stereocenters. The number of ether oxygens (including phenoxy) is 1. The number of nitrogens with one attached hydrogen (secondary N) is 1. The van der Waals surface area contributed by atoms with Crippen LogP contribution in [0.15, 0.2) is 24.3 Å². The molecule has 3 aliphatic rings. The average Bonchev–Trinajstić information content (AvgIpc) is 3.54. The molecule has 10 heteroatoms. The fraction of sp³-hybridized carbons (Fsp3) is 0.643. The summed E-state index contributed by atoms with van der Waals surface area (Å²) in [5.74, 6) is -0.554. The molecule has 0 unspecified atom stereocenters. The predicted octanol–water partition coefficient (Wildman–Crippen LogP) is 3.22. The first kappa shape index (κ1) is 27.8. The standard InChI is InChI=1S/C28H38FN5O4/c1-17(2)24(18-8-10-19(29)11-9-18)34-21-13-23(26(34)36)32(15-21)16-22(31-27(37)38-28(3,4)5)25(35)33-12-6-7-20(33)14-30/h8-11,17,20-24H,6-7,12-13,15-16H2,1-5H3,(H,31,37)/t20-,21+,22-,23+,24+/m0/s1.